The van der Waals surface area contributed by atoms with Crippen LogP contribution in [0.4, 0.5) is 0 Å². The van der Waals surface area contributed by atoms with Gasteiger partial charge in [-0.1, -0.05) is 27.7 Å². The lowest BCUT2D eigenvalue weighted by atomic mass is 10.1. The topological polar surface area (TPSA) is 55.8 Å². The number of piperazine rings is 1. The summed E-state index contributed by atoms with van der Waals surface area (Å²) < 4.78 is 0. The molecule has 5 heteroatoms. The summed E-state index contributed by atoms with van der Waals surface area (Å²) in [5.74, 6) is -0.0228. The Kier molecular flexibility index (Phi) is 7.48. The van der Waals surface area contributed by atoms with E-state index in [0.29, 0.717) is 12.3 Å². The molecule has 0 bridgehead atoms. The number of nitrogens with one attached hydrogen (secondary N) is 1. The first-order valence-corrected chi connectivity index (χ1v) is 7.82. The van der Waals surface area contributed by atoms with Crippen molar-refractivity contribution in [2.24, 2.45) is 5.92 Å². The lowest BCUT2D eigenvalue weighted by Gasteiger charge is -2.36. The van der Waals surface area contributed by atoms with Crippen molar-refractivity contribution in [1.29, 1.82) is 0 Å². The minimum absolute atomic E-state index is 0.207. The van der Waals surface area contributed by atoms with Crippen LogP contribution in [-0.4, -0.2) is 72.2 Å². The molecular weight excluding hydrogens is 254 g/mol. The highest BCUT2D eigenvalue weighted by Crippen LogP contribution is 2.07. The van der Waals surface area contributed by atoms with Crippen molar-refractivity contribution in [1.82, 2.24) is 15.1 Å². The molecule has 1 rings (SSSR count). The third-order valence-corrected chi connectivity index (χ3v) is 3.65. The number of nitrogens with zero attached hydrogens (tertiary/aromatic N) is 2. The number of carboxylic acids is 1. The molecular formula is C15H31N3O2. The van der Waals surface area contributed by atoms with Gasteiger partial charge in [0.1, 0.15) is 6.04 Å². The third kappa shape index (κ3) is 6.68. The number of hydrogen-bond acceptors (Lipinski definition) is 4. The molecule has 1 aliphatic heterocycles. The van der Waals surface area contributed by atoms with Crippen LogP contribution in [0.2, 0.25) is 0 Å². The summed E-state index contributed by atoms with van der Waals surface area (Å²) in [5, 5.41) is 12.3. The molecule has 20 heavy (non-hydrogen) atoms. The zero-order valence-electron chi connectivity index (χ0n) is 13.4. The molecule has 5 nitrogen and oxygen atoms in total. The largest absolute Gasteiger partial charge is 0.480 e. The van der Waals surface area contributed by atoms with E-state index in [-0.39, 0.29) is 6.04 Å². The van der Waals surface area contributed by atoms with Crippen LogP contribution < -0.4 is 5.32 Å². The quantitative estimate of drug-likeness (QED) is 0.699. The predicted molar refractivity (Wildman–Crippen MR) is 82.0 cm³/mol. The number of rotatable bonds is 8. The molecule has 0 aromatic heterocycles. The zero-order chi connectivity index (χ0) is 15.1. The molecule has 0 spiro atoms. The summed E-state index contributed by atoms with van der Waals surface area (Å²) in [4.78, 5) is 16.1. The predicted octanol–water partition coefficient (Wildman–Crippen LogP) is 1.10. The van der Waals surface area contributed by atoms with Crippen LogP contribution in [-0.2, 0) is 4.79 Å². The van der Waals surface area contributed by atoms with Crippen molar-refractivity contribution in [2.75, 3.05) is 39.3 Å². The number of aliphatic carboxylic acids is 1. The molecule has 0 amide bonds. The normalized spacial score (nSPS) is 19.7. The van der Waals surface area contributed by atoms with Crippen LogP contribution in [0.1, 0.15) is 34.1 Å². The molecule has 0 aromatic carbocycles. The fourth-order valence-electron chi connectivity index (χ4n) is 2.70. The van der Waals surface area contributed by atoms with Gasteiger partial charge >= 0.3 is 5.97 Å². The maximum Gasteiger partial charge on any atom is 0.320 e. The molecule has 1 saturated heterocycles. The number of carboxylic acid groups (broad SMARTS) is 1. The summed E-state index contributed by atoms with van der Waals surface area (Å²) in [7, 11) is 0. The monoisotopic (exact) mass is 285 g/mol. The standard InChI is InChI=1S/C15H31N3O2/c1-12(2)11-18-9-7-17(8-10-18)6-5-14(15(19)20)16-13(3)4/h12-14,16H,5-11H2,1-4H3,(H,19,20). The number of carbonyl (C=O) groups is 1. The second kappa shape index (κ2) is 8.60. The minimum Gasteiger partial charge on any atom is -0.480 e. The van der Waals surface area contributed by atoms with Crippen LogP contribution in [0, 0.1) is 5.92 Å². The van der Waals surface area contributed by atoms with E-state index in [2.05, 4.69) is 29.0 Å². The van der Waals surface area contributed by atoms with Crippen LogP contribution >= 0.6 is 0 Å². The van der Waals surface area contributed by atoms with Crippen molar-refractivity contribution < 1.29 is 9.90 Å². The fourth-order valence-corrected chi connectivity index (χ4v) is 2.70. The zero-order valence-corrected chi connectivity index (χ0v) is 13.4. The van der Waals surface area contributed by atoms with Gasteiger partial charge in [0.25, 0.3) is 0 Å². The molecule has 0 saturated carbocycles. The van der Waals surface area contributed by atoms with Crippen LogP contribution in [0.15, 0.2) is 0 Å². The Bertz CT molecular complexity index is 287. The molecule has 0 aliphatic carbocycles. The molecule has 0 aromatic rings. The van der Waals surface area contributed by atoms with Crippen LogP contribution in [0.25, 0.3) is 0 Å². The van der Waals surface area contributed by atoms with Gasteiger partial charge in [0.15, 0.2) is 0 Å². The van der Waals surface area contributed by atoms with Gasteiger partial charge in [0, 0.05) is 45.3 Å². The van der Waals surface area contributed by atoms with Gasteiger partial charge in [-0.25, -0.2) is 0 Å². The van der Waals surface area contributed by atoms with Gasteiger partial charge in [-0.05, 0) is 12.3 Å². The van der Waals surface area contributed by atoms with Gasteiger partial charge in [0.2, 0.25) is 0 Å². The smallest absolute Gasteiger partial charge is 0.320 e. The van der Waals surface area contributed by atoms with E-state index >= 15 is 0 Å². The van der Waals surface area contributed by atoms with Crippen molar-refractivity contribution in [3.8, 4) is 0 Å². The van der Waals surface area contributed by atoms with E-state index in [1.165, 1.54) is 6.54 Å². The molecule has 1 fully saturated rings. The fraction of sp³-hybridized carbons (Fsp3) is 0.933. The minimum atomic E-state index is -0.739. The van der Waals surface area contributed by atoms with Crippen LogP contribution in [0.3, 0.4) is 0 Å². The Morgan fingerprint density at radius 2 is 1.65 bits per heavy atom. The average molecular weight is 285 g/mol. The Labute approximate surface area is 123 Å². The lowest BCUT2D eigenvalue weighted by molar-refractivity contribution is -0.140. The number of hydrogen-bond donors (Lipinski definition) is 2. The molecule has 118 valence electrons. The second-order valence-corrected chi connectivity index (χ2v) is 6.54. The van der Waals surface area contributed by atoms with E-state index in [4.69, 9.17) is 0 Å². The summed E-state index contributed by atoms with van der Waals surface area (Å²) in [6.07, 6.45) is 0.678. The van der Waals surface area contributed by atoms with Crippen LogP contribution in [0.5, 0.6) is 0 Å². The van der Waals surface area contributed by atoms with E-state index < -0.39 is 12.0 Å². The van der Waals surface area contributed by atoms with E-state index in [1.54, 1.807) is 0 Å². The summed E-state index contributed by atoms with van der Waals surface area (Å²) in [6, 6.07) is -0.220. The first kappa shape index (κ1) is 17.4. The first-order chi connectivity index (χ1) is 9.38. The summed E-state index contributed by atoms with van der Waals surface area (Å²) in [6.45, 7) is 14.8. The SMILES string of the molecule is CC(C)CN1CCN(CCC(NC(C)C)C(=O)O)CC1. The van der Waals surface area contributed by atoms with Gasteiger partial charge in [0.05, 0.1) is 0 Å². The van der Waals surface area contributed by atoms with Gasteiger partial charge in [-0.3, -0.25) is 4.79 Å². The molecule has 1 atom stereocenters. The van der Waals surface area contributed by atoms with Crippen molar-refractivity contribution >= 4 is 5.97 Å². The highest BCUT2D eigenvalue weighted by Gasteiger charge is 2.21. The summed E-state index contributed by atoms with van der Waals surface area (Å²) in [5.41, 5.74) is 0. The van der Waals surface area contributed by atoms with Crippen molar-refractivity contribution in [2.45, 2.75) is 46.2 Å². The van der Waals surface area contributed by atoms with Gasteiger partial charge in [-0.2, -0.15) is 0 Å². The first-order valence-electron chi connectivity index (χ1n) is 7.82. The Balaban J connectivity index is 2.27. The second-order valence-electron chi connectivity index (χ2n) is 6.54. The Morgan fingerprint density at radius 3 is 2.10 bits per heavy atom. The molecule has 1 aliphatic rings. The third-order valence-electron chi connectivity index (χ3n) is 3.65. The maximum atomic E-state index is 11.2. The van der Waals surface area contributed by atoms with E-state index in [9.17, 15) is 9.90 Å². The van der Waals surface area contributed by atoms with Gasteiger partial charge < -0.3 is 20.2 Å². The Morgan fingerprint density at radius 1 is 1.10 bits per heavy atom. The molecule has 1 unspecified atom stereocenters. The lowest BCUT2D eigenvalue weighted by Crippen LogP contribution is -2.49. The Hall–Kier alpha value is -0.650. The van der Waals surface area contributed by atoms with E-state index in [1.807, 2.05) is 13.8 Å². The maximum absolute atomic E-state index is 11.2. The van der Waals surface area contributed by atoms with Gasteiger partial charge in [-0.15, -0.1) is 0 Å². The molecule has 1 heterocycles. The highest BCUT2D eigenvalue weighted by molar-refractivity contribution is 5.73. The summed E-state index contributed by atoms with van der Waals surface area (Å²) >= 11 is 0. The molecule has 0 radical (unpaired) electrons. The van der Waals surface area contributed by atoms with Crippen molar-refractivity contribution in [3.05, 3.63) is 0 Å². The van der Waals surface area contributed by atoms with Crippen molar-refractivity contribution in [3.63, 3.8) is 0 Å². The highest BCUT2D eigenvalue weighted by atomic mass is 16.4. The average Bonchev–Trinajstić information content (AvgIpc) is 2.34. The van der Waals surface area contributed by atoms with E-state index in [0.717, 1.165) is 32.7 Å². The molecule has 2 N–H and O–H groups in total.